The highest BCUT2D eigenvalue weighted by atomic mass is 32.1. The van der Waals surface area contributed by atoms with E-state index >= 15 is 0 Å². The first-order chi connectivity index (χ1) is 8.41. The predicted octanol–water partition coefficient (Wildman–Crippen LogP) is 1.98. The molecule has 0 fully saturated rings. The zero-order chi connectivity index (χ0) is 13.3. The molecule has 6 nitrogen and oxygen atoms in total. The molecule has 0 bridgehead atoms. The van der Waals surface area contributed by atoms with Gasteiger partial charge in [-0.05, 0) is 13.8 Å². The number of aryl methyl sites for hydroxylation is 1. The van der Waals surface area contributed by atoms with E-state index in [0.717, 1.165) is 5.82 Å². The molecular weight excluding hydrogens is 252 g/mol. The molecule has 0 unspecified atom stereocenters. The minimum absolute atomic E-state index is 0.546. The fourth-order valence-electron chi connectivity index (χ4n) is 1.33. The summed E-state index contributed by atoms with van der Waals surface area (Å²) in [5.41, 5.74) is -0.437. The first kappa shape index (κ1) is 12.6. The molecule has 2 N–H and O–H groups in total. The molecule has 2 heterocycles. The van der Waals surface area contributed by atoms with Crippen LogP contribution < -0.4 is 5.32 Å². The van der Waals surface area contributed by atoms with Crippen molar-refractivity contribution < 1.29 is 9.90 Å². The lowest BCUT2D eigenvalue weighted by molar-refractivity contribution is -0.142. The lowest BCUT2D eigenvalue weighted by Gasteiger charge is -2.15. The van der Waals surface area contributed by atoms with Crippen molar-refractivity contribution in [3.63, 3.8) is 0 Å². The van der Waals surface area contributed by atoms with Gasteiger partial charge in [0.15, 0.2) is 5.13 Å². The SMILES string of the molecule is Cn1nccc1Nc1nc(C(C)(C)C(=O)O)cs1. The molecule has 0 spiro atoms. The average Bonchev–Trinajstić information content (AvgIpc) is 2.90. The van der Waals surface area contributed by atoms with Crippen LogP contribution in [-0.4, -0.2) is 25.8 Å². The summed E-state index contributed by atoms with van der Waals surface area (Å²) in [5.74, 6) is -0.0797. The normalized spacial score (nSPS) is 11.5. The maximum atomic E-state index is 11.1. The van der Waals surface area contributed by atoms with E-state index in [1.54, 1.807) is 30.1 Å². The highest BCUT2D eigenvalue weighted by Crippen LogP contribution is 2.28. The minimum atomic E-state index is -0.983. The Kier molecular flexibility index (Phi) is 3.08. The summed E-state index contributed by atoms with van der Waals surface area (Å²) in [6, 6.07) is 1.82. The van der Waals surface area contributed by atoms with Crippen LogP contribution in [-0.2, 0) is 17.3 Å². The highest BCUT2D eigenvalue weighted by Gasteiger charge is 2.32. The number of hydrogen-bond donors (Lipinski definition) is 2. The molecule has 0 radical (unpaired) electrons. The fourth-order valence-corrected chi connectivity index (χ4v) is 2.22. The van der Waals surface area contributed by atoms with Crippen molar-refractivity contribution >= 4 is 28.3 Å². The van der Waals surface area contributed by atoms with Gasteiger partial charge in [-0.15, -0.1) is 11.3 Å². The number of aromatic nitrogens is 3. The average molecular weight is 266 g/mol. The van der Waals surface area contributed by atoms with E-state index in [1.807, 2.05) is 13.1 Å². The van der Waals surface area contributed by atoms with E-state index < -0.39 is 11.4 Å². The molecule has 0 saturated heterocycles. The fraction of sp³-hybridized carbons (Fsp3) is 0.364. The smallest absolute Gasteiger partial charge is 0.315 e. The second kappa shape index (κ2) is 4.41. The molecule has 0 aromatic carbocycles. The van der Waals surface area contributed by atoms with E-state index in [2.05, 4.69) is 15.4 Å². The first-order valence-electron chi connectivity index (χ1n) is 5.35. The number of anilines is 2. The number of nitrogens with one attached hydrogen (secondary N) is 1. The van der Waals surface area contributed by atoms with Crippen molar-refractivity contribution in [3.8, 4) is 0 Å². The summed E-state index contributed by atoms with van der Waals surface area (Å²) < 4.78 is 1.68. The molecular formula is C11H14N4O2S. The Morgan fingerprint density at radius 2 is 2.28 bits per heavy atom. The Morgan fingerprint density at radius 1 is 1.56 bits per heavy atom. The third-order valence-electron chi connectivity index (χ3n) is 2.74. The van der Waals surface area contributed by atoms with Gasteiger partial charge in [0.05, 0.1) is 11.9 Å². The summed E-state index contributed by atoms with van der Waals surface area (Å²) in [6.45, 7) is 3.27. The summed E-state index contributed by atoms with van der Waals surface area (Å²) >= 11 is 1.37. The Labute approximate surface area is 108 Å². The lowest BCUT2D eigenvalue weighted by atomic mass is 9.90. The monoisotopic (exact) mass is 266 g/mol. The van der Waals surface area contributed by atoms with Gasteiger partial charge in [-0.1, -0.05) is 0 Å². The van der Waals surface area contributed by atoms with Crippen molar-refractivity contribution in [2.75, 3.05) is 5.32 Å². The Bertz CT molecular complexity index is 573. The maximum Gasteiger partial charge on any atom is 0.315 e. The highest BCUT2D eigenvalue weighted by molar-refractivity contribution is 7.13. The predicted molar refractivity (Wildman–Crippen MR) is 69.3 cm³/mol. The largest absolute Gasteiger partial charge is 0.481 e. The Morgan fingerprint density at radius 3 is 2.83 bits per heavy atom. The minimum Gasteiger partial charge on any atom is -0.481 e. The van der Waals surface area contributed by atoms with Crippen LogP contribution in [0, 0.1) is 0 Å². The summed E-state index contributed by atoms with van der Waals surface area (Å²) in [4.78, 5) is 15.4. The Balaban J connectivity index is 2.21. The maximum absolute atomic E-state index is 11.1. The van der Waals surface area contributed by atoms with Crippen LogP contribution in [0.3, 0.4) is 0 Å². The zero-order valence-corrected chi connectivity index (χ0v) is 11.2. The quantitative estimate of drug-likeness (QED) is 0.884. The standard InChI is InChI=1S/C11H14N4O2S/c1-11(2,9(16)17)7-6-18-10(13-7)14-8-4-5-12-15(8)3/h4-6H,1-3H3,(H,13,14)(H,16,17). The van der Waals surface area contributed by atoms with Gasteiger partial charge in [-0.25, -0.2) is 4.98 Å². The number of hydrogen-bond acceptors (Lipinski definition) is 5. The summed E-state index contributed by atoms with van der Waals surface area (Å²) in [5, 5.41) is 18.7. The lowest BCUT2D eigenvalue weighted by Crippen LogP contribution is -2.28. The summed E-state index contributed by atoms with van der Waals surface area (Å²) in [6.07, 6.45) is 1.68. The van der Waals surface area contributed by atoms with Gasteiger partial charge < -0.3 is 10.4 Å². The molecule has 0 aliphatic rings. The van der Waals surface area contributed by atoms with Crippen molar-refractivity contribution in [2.45, 2.75) is 19.3 Å². The molecule has 2 aromatic heterocycles. The van der Waals surface area contributed by atoms with Gasteiger partial charge >= 0.3 is 5.97 Å². The van der Waals surface area contributed by atoms with Crippen LogP contribution in [0.15, 0.2) is 17.6 Å². The molecule has 96 valence electrons. The number of thiazole rings is 1. The van der Waals surface area contributed by atoms with Gasteiger partial charge in [-0.3, -0.25) is 9.48 Å². The molecule has 7 heteroatoms. The first-order valence-corrected chi connectivity index (χ1v) is 6.23. The van der Waals surface area contributed by atoms with Crippen LogP contribution in [0.5, 0.6) is 0 Å². The van der Waals surface area contributed by atoms with Crippen LogP contribution in [0.1, 0.15) is 19.5 Å². The van der Waals surface area contributed by atoms with Crippen LogP contribution >= 0.6 is 11.3 Å². The number of aliphatic carboxylic acids is 1. The van der Waals surface area contributed by atoms with Crippen molar-refractivity contribution in [1.29, 1.82) is 0 Å². The molecule has 0 amide bonds. The number of carboxylic acids is 1. The third kappa shape index (κ3) is 2.21. The summed E-state index contributed by atoms with van der Waals surface area (Å²) in [7, 11) is 1.82. The molecule has 0 atom stereocenters. The second-order valence-electron chi connectivity index (χ2n) is 4.43. The molecule has 18 heavy (non-hydrogen) atoms. The molecule has 0 saturated carbocycles. The molecule has 2 rings (SSSR count). The van der Waals surface area contributed by atoms with Crippen LogP contribution in [0.25, 0.3) is 0 Å². The molecule has 0 aliphatic heterocycles. The van der Waals surface area contributed by atoms with E-state index in [4.69, 9.17) is 5.11 Å². The topological polar surface area (TPSA) is 80.0 Å². The number of carbonyl (C=O) groups is 1. The van der Waals surface area contributed by atoms with Crippen molar-refractivity contribution in [2.24, 2.45) is 7.05 Å². The van der Waals surface area contributed by atoms with Crippen LogP contribution in [0.4, 0.5) is 10.9 Å². The van der Waals surface area contributed by atoms with Gasteiger partial charge in [-0.2, -0.15) is 5.10 Å². The van der Waals surface area contributed by atoms with E-state index in [9.17, 15) is 4.79 Å². The number of rotatable bonds is 4. The zero-order valence-electron chi connectivity index (χ0n) is 10.3. The second-order valence-corrected chi connectivity index (χ2v) is 5.29. The van der Waals surface area contributed by atoms with Gasteiger partial charge in [0, 0.05) is 18.5 Å². The van der Waals surface area contributed by atoms with E-state index in [-0.39, 0.29) is 0 Å². The Hall–Kier alpha value is -1.89. The molecule has 0 aliphatic carbocycles. The van der Waals surface area contributed by atoms with Gasteiger partial charge in [0.2, 0.25) is 0 Å². The molecule has 2 aromatic rings. The van der Waals surface area contributed by atoms with Crippen LogP contribution in [0.2, 0.25) is 0 Å². The van der Waals surface area contributed by atoms with Crippen molar-refractivity contribution in [1.82, 2.24) is 14.8 Å². The van der Waals surface area contributed by atoms with E-state index in [1.165, 1.54) is 11.3 Å². The van der Waals surface area contributed by atoms with E-state index in [0.29, 0.717) is 10.8 Å². The third-order valence-corrected chi connectivity index (χ3v) is 3.49. The number of nitrogens with zero attached hydrogens (tertiary/aromatic N) is 3. The van der Waals surface area contributed by atoms with Gasteiger partial charge in [0.1, 0.15) is 11.2 Å². The number of carboxylic acid groups (broad SMARTS) is 1. The van der Waals surface area contributed by atoms with Crippen molar-refractivity contribution in [3.05, 3.63) is 23.3 Å². The van der Waals surface area contributed by atoms with Gasteiger partial charge in [0.25, 0.3) is 0 Å².